The molecule has 2 heterocycles. The van der Waals surface area contributed by atoms with Gasteiger partial charge in [-0.3, -0.25) is 9.80 Å². The highest BCUT2D eigenvalue weighted by atomic mass is 35.5. The second-order valence-corrected chi connectivity index (χ2v) is 7.72. The summed E-state index contributed by atoms with van der Waals surface area (Å²) in [5.74, 6) is 1.72. The summed E-state index contributed by atoms with van der Waals surface area (Å²) in [7, 11) is 0. The summed E-state index contributed by atoms with van der Waals surface area (Å²) in [6.45, 7) is 5.51. The Labute approximate surface area is 196 Å². The van der Waals surface area contributed by atoms with Crippen molar-refractivity contribution in [3.63, 3.8) is 0 Å². The van der Waals surface area contributed by atoms with E-state index in [2.05, 4.69) is 82.6 Å². The van der Waals surface area contributed by atoms with E-state index >= 15 is 0 Å². The first-order valence-corrected chi connectivity index (χ1v) is 10.3. The average Bonchev–Trinajstić information content (AvgIpc) is 3.25. The molecule has 0 unspecified atom stereocenters. The highest BCUT2D eigenvalue weighted by molar-refractivity contribution is 5.85. The van der Waals surface area contributed by atoms with Crippen molar-refractivity contribution >= 4 is 24.8 Å². The van der Waals surface area contributed by atoms with Crippen LogP contribution in [-0.2, 0) is 6.54 Å². The predicted octanol–water partition coefficient (Wildman–Crippen LogP) is 5.17. The molecule has 0 bridgehead atoms. The van der Waals surface area contributed by atoms with E-state index in [0.29, 0.717) is 12.8 Å². The van der Waals surface area contributed by atoms with Gasteiger partial charge in [-0.1, -0.05) is 66.7 Å². The van der Waals surface area contributed by atoms with Gasteiger partial charge in [0.05, 0.1) is 6.04 Å². The Morgan fingerprint density at radius 1 is 0.677 bits per heavy atom. The zero-order valence-electron chi connectivity index (χ0n) is 17.4. The normalized spacial score (nSPS) is 15.9. The minimum absolute atomic E-state index is 0. The molecule has 164 valence electrons. The van der Waals surface area contributed by atoms with Gasteiger partial charge in [-0.05, 0) is 28.8 Å². The first-order chi connectivity index (χ1) is 14.4. The molecule has 2 aliphatic heterocycles. The van der Waals surface area contributed by atoms with Gasteiger partial charge < -0.3 is 9.47 Å². The highest BCUT2D eigenvalue weighted by Crippen LogP contribution is 2.33. The van der Waals surface area contributed by atoms with Gasteiger partial charge in [0.25, 0.3) is 0 Å². The van der Waals surface area contributed by atoms with Gasteiger partial charge in [-0.25, -0.2) is 0 Å². The third kappa shape index (κ3) is 5.34. The largest absolute Gasteiger partial charge is 0.454 e. The van der Waals surface area contributed by atoms with Crippen molar-refractivity contribution in [3.8, 4) is 11.5 Å². The van der Waals surface area contributed by atoms with Crippen molar-refractivity contribution in [2.24, 2.45) is 0 Å². The van der Waals surface area contributed by atoms with Gasteiger partial charge in [0, 0.05) is 32.7 Å². The third-order valence-corrected chi connectivity index (χ3v) is 5.85. The summed E-state index contributed by atoms with van der Waals surface area (Å²) in [4.78, 5) is 5.14. The zero-order valence-corrected chi connectivity index (χ0v) is 19.0. The summed E-state index contributed by atoms with van der Waals surface area (Å²) in [6.07, 6.45) is 0. The molecule has 0 radical (unpaired) electrons. The quantitative estimate of drug-likeness (QED) is 0.526. The fraction of sp³-hybridized carbons (Fsp3) is 0.280. The standard InChI is InChI=1S/C25H26N2O2.2ClH/c1-3-7-21(8-4-1)25(22-9-5-2-6-10-22)27-15-13-26(14-16-27)18-20-11-12-23-24(17-20)29-19-28-23;;/h1-12,17,25H,13-16,18-19H2;2*1H. The molecule has 4 nitrogen and oxygen atoms in total. The predicted molar refractivity (Wildman–Crippen MR) is 129 cm³/mol. The molecule has 31 heavy (non-hydrogen) atoms. The molecule has 1 fully saturated rings. The molecule has 6 heteroatoms. The molecule has 0 aromatic heterocycles. The highest BCUT2D eigenvalue weighted by Gasteiger charge is 2.26. The second-order valence-electron chi connectivity index (χ2n) is 7.72. The summed E-state index contributed by atoms with van der Waals surface area (Å²) in [6, 6.07) is 28.3. The molecule has 0 N–H and O–H groups in total. The molecule has 3 aromatic carbocycles. The van der Waals surface area contributed by atoms with Crippen LogP contribution in [0.4, 0.5) is 0 Å². The van der Waals surface area contributed by atoms with Crippen LogP contribution >= 0.6 is 24.8 Å². The minimum Gasteiger partial charge on any atom is -0.454 e. The topological polar surface area (TPSA) is 24.9 Å². The third-order valence-electron chi connectivity index (χ3n) is 5.85. The summed E-state index contributed by atoms with van der Waals surface area (Å²) >= 11 is 0. The van der Waals surface area contributed by atoms with Crippen LogP contribution in [0, 0.1) is 0 Å². The molecule has 0 saturated carbocycles. The molecule has 0 aliphatic carbocycles. The lowest BCUT2D eigenvalue weighted by molar-refractivity contribution is 0.105. The maximum Gasteiger partial charge on any atom is 0.231 e. The summed E-state index contributed by atoms with van der Waals surface area (Å²) < 4.78 is 11.0. The van der Waals surface area contributed by atoms with Crippen molar-refractivity contribution in [2.45, 2.75) is 12.6 Å². The van der Waals surface area contributed by atoms with E-state index in [0.717, 1.165) is 44.2 Å². The molecule has 5 rings (SSSR count). The number of hydrogen-bond acceptors (Lipinski definition) is 4. The summed E-state index contributed by atoms with van der Waals surface area (Å²) in [5.41, 5.74) is 4.01. The van der Waals surface area contributed by atoms with Gasteiger partial charge in [0.1, 0.15) is 0 Å². The first kappa shape index (κ1) is 23.4. The van der Waals surface area contributed by atoms with E-state index < -0.39 is 0 Å². The van der Waals surface area contributed by atoms with Crippen LogP contribution in [0.1, 0.15) is 22.7 Å². The van der Waals surface area contributed by atoms with Crippen LogP contribution in [0.5, 0.6) is 11.5 Å². The average molecular weight is 459 g/mol. The lowest BCUT2D eigenvalue weighted by atomic mass is 9.96. The molecule has 3 aromatic rings. The maximum absolute atomic E-state index is 5.53. The van der Waals surface area contributed by atoms with E-state index in [-0.39, 0.29) is 24.8 Å². The van der Waals surface area contributed by atoms with Crippen LogP contribution in [-0.4, -0.2) is 42.8 Å². The Morgan fingerprint density at radius 3 is 1.87 bits per heavy atom. The van der Waals surface area contributed by atoms with Crippen LogP contribution < -0.4 is 9.47 Å². The maximum atomic E-state index is 5.53. The van der Waals surface area contributed by atoms with Gasteiger partial charge in [0.2, 0.25) is 6.79 Å². The van der Waals surface area contributed by atoms with Crippen molar-refractivity contribution in [3.05, 3.63) is 95.6 Å². The van der Waals surface area contributed by atoms with Crippen molar-refractivity contribution in [1.82, 2.24) is 9.80 Å². The van der Waals surface area contributed by atoms with Crippen molar-refractivity contribution in [2.75, 3.05) is 33.0 Å². The fourth-order valence-electron chi connectivity index (χ4n) is 4.36. The van der Waals surface area contributed by atoms with E-state index in [4.69, 9.17) is 9.47 Å². The Balaban J connectivity index is 0.00000136. The smallest absolute Gasteiger partial charge is 0.231 e. The van der Waals surface area contributed by atoms with Gasteiger partial charge >= 0.3 is 0 Å². The number of halogens is 2. The number of piperazine rings is 1. The van der Waals surface area contributed by atoms with E-state index in [1.54, 1.807) is 0 Å². The number of fused-ring (bicyclic) bond motifs is 1. The fourth-order valence-corrected chi connectivity index (χ4v) is 4.36. The van der Waals surface area contributed by atoms with Crippen molar-refractivity contribution in [1.29, 1.82) is 0 Å². The number of ether oxygens (including phenoxy) is 2. The Bertz CT molecular complexity index is 909. The molecule has 0 amide bonds. The number of rotatable bonds is 5. The molecule has 0 atom stereocenters. The van der Waals surface area contributed by atoms with Gasteiger partial charge in [-0.15, -0.1) is 24.8 Å². The summed E-state index contributed by atoms with van der Waals surface area (Å²) in [5, 5.41) is 0. The number of nitrogens with zero attached hydrogens (tertiary/aromatic N) is 2. The van der Waals surface area contributed by atoms with Gasteiger partial charge in [0.15, 0.2) is 11.5 Å². The number of hydrogen-bond donors (Lipinski definition) is 0. The van der Waals surface area contributed by atoms with E-state index in [1.165, 1.54) is 16.7 Å². The zero-order chi connectivity index (χ0) is 19.5. The Kier molecular flexibility index (Phi) is 8.22. The van der Waals surface area contributed by atoms with Crippen LogP contribution in [0.25, 0.3) is 0 Å². The Hall–Kier alpha value is -2.24. The van der Waals surface area contributed by atoms with E-state index in [1.807, 2.05) is 6.07 Å². The lowest BCUT2D eigenvalue weighted by Gasteiger charge is -2.39. The van der Waals surface area contributed by atoms with E-state index in [9.17, 15) is 0 Å². The van der Waals surface area contributed by atoms with Crippen molar-refractivity contribution < 1.29 is 9.47 Å². The SMILES string of the molecule is Cl.Cl.c1ccc(C(c2ccccc2)N2CCN(Cc3ccc4c(c3)OCO4)CC2)cc1. The minimum atomic E-state index is 0. The van der Waals surface area contributed by atoms with Crippen LogP contribution in [0.3, 0.4) is 0 Å². The second kappa shape index (κ2) is 10.9. The van der Waals surface area contributed by atoms with Crippen LogP contribution in [0.2, 0.25) is 0 Å². The molecule has 1 saturated heterocycles. The molecular weight excluding hydrogens is 431 g/mol. The van der Waals surface area contributed by atoms with Gasteiger partial charge in [-0.2, -0.15) is 0 Å². The monoisotopic (exact) mass is 458 g/mol. The lowest BCUT2D eigenvalue weighted by Crippen LogP contribution is -2.47. The van der Waals surface area contributed by atoms with Crippen LogP contribution in [0.15, 0.2) is 78.9 Å². The Morgan fingerprint density at radius 2 is 1.26 bits per heavy atom. The molecular formula is C25H28Cl2N2O2. The number of benzene rings is 3. The molecule has 2 aliphatic rings. The molecule has 0 spiro atoms. The first-order valence-electron chi connectivity index (χ1n) is 10.3.